The van der Waals surface area contributed by atoms with Crippen LogP contribution in [0.5, 0.6) is 5.75 Å². The molecule has 0 bridgehead atoms. The number of amides is 1. The number of anilines is 2. The zero-order valence-corrected chi connectivity index (χ0v) is 17.1. The fourth-order valence-corrected chi connectivity index (χ4v) is 3.38. The highest BCUT2D eigenvalue weighted by Crippen LogP contribution is 2.27. The Kier molecular flexibility index (Phi) is 6.71. The molecule has 1 saturated heterocycles. The van der Waals surface area contributed by atoms with E-state index >= 15 is 0 Å². The molecule has 0 saturated carbocycles. The Morgan fingerprint density at radius 3 is 2.48 bits per heavy atom. The first-order valence-electron chi connectivity index (χ1n) is 9.78. The predicted molar refractivity (Wildman–Crippen MR) is 112 cm³/mol. The number of hydrogen-bond donors (Lipinski definition) is 2. The van der Waals surface area contributed by atoms with Gasteiger partial charge in [-0.3, -0.25) is 4.79 Å². The van der Waals surface area contributed by atoms with Gasteiger partial charge in [-0.1, -0.05) is 0 Å². The number of nitrogens with two attached hydrogens (primary N) is 1. The highest BCUT2D eigenvalue weighted by Gasteiger charge is 2.16. The van der Waals surface area contributed by atoms with Gasteiger partial charge in [-0.2, -0.15) is 0 Å². The maximum absolute atomic E-state index is 14.1. The molecule has 3 N–H and O–H groups in total. The van der Waals surface area contributed by atoms with Gasteiger partial charge in [-0.25, -0.2) is 4.39 Å². The van der Waals surface area contributed by atoms with Crippen LogP contribution < -0.4 is 20.7 Å². The molecular formula is C22H28FN3O3. The number of carbonyl (C=O) groups excluding carboxylic acids is 1. The molecule has 2 aromatic rings. The minimum Gasteiger partial charge on any atom is -0.491 e. The lowest BCUT2D eigenvalue weighted by atomic mass is 10.0. The zero-order chi connectivity index (χ0) is 21.0. The highest BCUT2D eigenvalue weighted by molar-refractivity contribution is 6.04. The van der Waals surface area contributed by atoms with E-state index < -0.39 is 5.82 Å². The van der Waals surface area contributed by atoms with E-state index in [4.69, 9.17) is 15.2 Å². The van der Waals surface area contributed by atoms with E-state index in [0.29, 0.717) is 44.2 Å². The lowest BCUT2D eigenvalue weighted by Crippen LogP contribution is -2.36. The molecule has 1 aliphatic rings. The van der Waals surface area contributed by atoms with Gasteiger partial charge in [0, 0.05) is 36.1 Å². The molecule has 1 heterocycles. The second-order valence-electron chi connectivity index (χ2n) is 7.48. The Balaban J connectivity index is 1.77. The van der Waals surface area contributed by atoms with Crippen molar-refractivity contribution in [1.29, 1.82) is 0 Å². The van der Waals surface area contributed by atoms with Crippen molar-refractivity contribution in [3.63, 3.8) is 0 Å². The summed E-state index contributed by atoms with van der Waals surface area (Å²) in [6, 6.07) is 8.03. The van der Waals surface area contributed by atoms with Crippen molar-refractivity contribution >= 4 is 17.3 Å². The summed E-state index contributed by atoms with van der Waals surface area (Å²) in [7, 11) is 0. The van der Waals surface area contributed by atoms with Gasteiger partial charge in [0.2, 0.25) is 0 Å². The van der Waals surface area contributed by atoms with Gasteiger partial charge in [-0.15, -0.1) is 0 Å². The van der Waals surface area contributed by atoms with Crippen LogP contribution in [0.15, 0.2) is 30.3 Å². The van der Waals surface area contributed by atoms with Gasteiger partial charge in [0.15, 0.2) is 0 Å². The Hall–Kier alpha value is -2.64. The lowest BCUT2D eigenvalue weighted by Gasteiger charge is -2.29. The molecular weight excluding hydrogens is 373 g/mol. The fraction of sp³-hybridized carbons (Fsp3) is 0.409. The molecule has 29 heavy (non-hydrogen) atoms. The molecule has 156 valence electrons. The van der Waals surface area contributed by atoms with E-state index in [-0.39, 0.29) is 11.9 Å². The van der Waals surface area contributed by atoms with Crippen LogP contribution in [0, 0.1) is 19.7 Å². The summed E-state index contributed by atoms with van der Waals surface area (Å²) in [5.74, 6) is 0.0454. The molecule has 0 aliphatic carbocycles. The third-order valence-electron chi connectivity index (χ3n) is 4.73. The van der Waals surface area contributed by atoms with E-state index in [1.54, 1.807) is 18.2 Å². The Morgan fingerprint density at radius 2 is 1.86 bits per heavy atom. The van der Waals surface area contributed by atoms with Crippen LogP contribution in [0.4, 0.5) is 15.8 Å². The summed E-state index contributed by atoms with van der Waals surface area (Å²) in [6.45, 7) is 8.65. The average Bonchev–Trinajstić information content (AvgIpc) is 2.67. The summed E-state index contributed by atoms with van der Waals surface area (Å²) in [4.78, 5) is 14.8. The number of aryl methyl sites for hydroxylation is 2. The molecule has 0 spiro atoms. The van der Waals surface area contributed by atoms with Gasteiger partial charge in [0.05, 0.1) is 13.2 Å². The van der Waals surface area contributed by atoms with Crippen LogP contribution in [-0.2, 0) is 4.74 Å². The van der Waals surface area contributed by atoms with Crippen LogP contribution in [-0.4, -0.2) is 44.9 Å². The maximum Gasteiger partial charge on any atom is 0.255 e. The van der Waals surface area contributed by atoms with Crippen molar-refractivity contribution in [3.8, 4) is 5.75 Å². The van der Waals surface area contributed by atoms with Crippen molar-refractivity contribution < 1.29 is 18.7 Å². The largest absolute Gasteiger partial charge is 0.491 e. The first-order valence-corrected chi connectivity index (χ1v) is 9.78. The molecule has 1 amide bonds. The number of nitrogens with one attached hydrogen (secondary N) is 1. The Morgan fingerprint density at radius 1 is 1.21 bits per heavy atom. The molecule has 0 unspecified atom stereocenters. The predicted octanol–water partition coefficient (Wildman–Crippen LogP) is 3.26. The van der Waals surface area contributed by atoms with Gasteiger partial charge in [0.25, 0.3) is 5.91 Å². The Bertz CT molecular complexity index is 857. The van der Waals surface area contributed by atoms with Crippen molar-refractivity contribution in [2.24, 2.45) is 5.73 Å². The van der Waals surface area contributed by atoms with E-state index in [2.05, 4.69) is 5.32 Å². The number of nitrogens with zero attached hydrogens (tertiary/aromatic N) is 1. The molecule has 1 aliphatic heterocycles. The van der Waals surface area contributed by atoms with E-state index in [0.717, 1.165) is 22.6 Å². The minimum atomic E-state index is -0.392. The average molecular weight is 401 g/mol. The van der Waals surface area contributed by atoms with Gasteiger partial charge in [-0.05, 0) is 62.2 Å². The molecule has 6 nitrogen and oxygen atoms in total. The Labute approximate surface area is 170 Å². The molecule has 7 heteroatoms. The highest BCUT2D eigenvalue weighted by atomic mass is 19.1. The number of rotatable bonds is 6. The van der Waals surface area contributed by atoms with Crippen LogP contribution in [0.1, 0.15) is 28.4 Å². The van der Waals surface area contributed by atoms with Crippen LogP contribution in [0.3, 0.4) is 0 Å². The lowest BCUT2D eigenvalue weighted by molar-refractivity contribution is 0.102. The molecule has 0 aromatic heterocycles. The summed E-state index contributed by atoms with van der Waals surface area (Å²) in [5.41, 5.74) is 9.10. The quantitative estimate of drug-likeness (QED) is 0.777. The van der Waals surface area contributed by atoms with Crippen molar-refractivity contribution in [1.82, 2.24) is 0 Å². The zero-order valence-electron chi connectivity index (χ0n) is 17.1. The number of morpholine rings is 1. The summed E-state index contributed by atoms with van der Waals surface area (Å²) in [5, 5.41) is 2.80. The number of benzene rings is 2. The second-order valence-corrected chi connectivity index (χ2v) is 7.48. The number of hydrogen-bond acceptors (Lipinski definition) is 5. The monoisotopic (exact) mass is 401 g/mol. The molecule has 3 rings (SSSR count). The normalized spacial score (nSPS) is 15.1. The van der Waals surface area contributed by atoms with Gasteiger partial charge >= 0.3 is 0 Å². The van der Waals surface area contributed by atoms with Crippen LogP contribution in [0.25, 0.3) is 0 Å². The van der Waals surface area contributed by atoms with Gasteiger partial charge < -0.3 is 25.4 Å². The van der Waals surface area contributed by atoms with E-state index in [9.17, 15) is 9.18 Å². The van der Waals surface area contributed by atoms with Crippen molar-refractivity contribution in [2.75, 3.05) is 43.1 Å². The molecule has 2 aromatic carbocycles. The maximum atomic E-state index is 14.1. The van der Waals surface area contributed by atoms with Gasteiger partial charge in [0.1, 0.15) is 18.2 Å². The third-order valence-corrected chi connectivity index (χ3v) is 4.73. The van der Waals surface area contributed by atoms with Crippen LogP contribution >= 0.6 is 0 Å². The van der Waals surface area contributed by atoms with E-state index in [1.807, 2.05) is 25.7 Å². The number of carbonyl (C=O) groups is 1. The topological polar surface area (TPSA) is 76.8 Å². The first-order chi connectivity index (χ1) is 13.8. The number of ether oxygens (including phenoxy) is 2. The molecule has 1 fully saturated rings. The van der Waals surface area contributed by atoms with Crippen molar-refractivity contribution in [3.05, 3.63) is 52.8 Å². The van der Waals surface area contributed by atoms with E-state index in [1.165, 1.54) is 12.1 Å². The minimum absolute atomic E-state index is 0.0783. The standard InChI is InChI=1S/C22H28FN3O3/c1-14-8-17(9-15(2)21(14)29-13-16(3)24)22(27)25-19-10-18(23)11-20(12-19)26-4-6-28-7-5-26/h8-12,16H,4-7,13,24H2,1-3H3,(H,25,27)/t16-/m1/s1. The molecule has 1 atom stereocenters. The number of halogens is 1. The fourth-order valence-electron chi connectivity index (χ4n) is 3.38. The first kappa shape index (κ1) is 21.1. The summed E-state index contributed by atoms with van der Waals surface area (Å²) >= 11 is 0. The van der Waals surface area contributed by atoms with Crippen molar-refractivity contribution in [2.45, 2.75) is 26.8 Å². The van der Waals surface area contributed by atoms with Crippen LogP contribution in [0.2, 0.25) is 0 Å². The summed E-state index contributed by atoms with van der Waals surface area (Å²) in [6.07, 6.45) is 0. The molecule has 0 radical (unpaired) electrons. The third kappa shape index (κ3) is 5.46. The SMILES string of the molecule is Cc1cc(C(=O)Nc2cc(F)cc(N3CCOCC3)c2)cc(C)c1OC[C@@H](C)N. The summed E-state index contributed by atoms with van der Waals surface area (Å²) < 4.78 is 25.2. The smallest absolute Gasteiger partial charge is 0.255 e. The second kappa shape index (κ2) is 9.24.